The number of methoxy groups -OCH3 is 1. The van der Waals surface area contributed by atoms with E-state index in [1.807, 2.05) is 0 Å². The SMILES string of the molecule is COC(=O)c1ccc(OCCn2cc(CCO)nn2)c(Cl)c1. The maximum Gasteiger partial charge on any atom is 0.337 e. The van der Waals surface area contributed by atoms with E-state index in [1.54, 1.807) is 23.0 Å². The fourth-order valence-corrected chi connectivity index (χ4v) is 2.02. The number of benzene rings is 1. The normalized spacial score (nSPS) is 10.5. The van der Waals surface area contributed by atoms with Crippen LogP contribution in [0, 0.1) is 0 Å². The fourth-order valence-electron chi connectivity index (χ4n) is 1.79. The highest BCUT2D eigenvalue weighted by atomic mass is 35.5. The number of carbonyl (C=O) groups excluding carboxylic acids is 1. The van der Waals surface area contributed by atoms with Crippen molar-refractivity contribution in [3.8, 4) is 5.75 Å². The van der Waals surface area contributed by atoms with Crippen LogP contribution >= 0.6 is 11.6 Å². The quantitative estimate of drug-likeness (QED) is 0.773. The maximum atomic E-state index is 11.4. The Morgan fingerprint density at radius 3 is 2.95 bits per heavy atom. The van der Waals surface area contributed by atoms with Gasteiger partial charge in [0.05, 0.1) is 29.9 Å². The lowest BCUT2D eigenvalue weighted by Crippen LogP contribution is -2.09. The van der Waals surface area contributed by atoms with Crippen molar-refractivity contribution in [2.24, 2.45) is 0 Å². The molecule has 0 saturated heterocycles. The van der Waals surface area contributed by atoms with Gasteiger partial charge in [-0.15, -0.1) is 5.10 Å². The molecule has 8 heteroatoms. The number of halogens is 1. The van der Waals surface area contributed by atoms with Gasteiger partial charge in [0.1, 0.15) is 12.4 Å². The molecule has 0 fully saturated rings. The van der Waals surface area contributed by atoms with Crippen LogP contribution in [0.2, 0.25) is 5.02 Å². The standard InChI is InChI=1S/C14H16ClN3O4/c1-21-14(20)10-2-3-13(12(15)8-10)22-7-5-18-9-11(4-6-19)16-17-18/h2-3,8-9,19H,4-7H2,1H3. The summed E-state index contributed by atoms with van der Waals surface area (Å²) in [5.74, 6) is 0.0255. The molecule has 0 aliphatic rings. The van der Waals surface area contributed by atoms with Crippen LogP contribution in [0.15, 0.2) is 24.4 Å². The molecule has 0 aliphatic carbocycles. The number of esters is 1. The smallest absolute Gasteiger partial charge is 0.337 e. The van der Waals surface area contributed by atoms with Crippen LogP contribution in [0.4, 0.5) is 0 Å². The molecule has 0 spiro atoms. The first-order chi connectivity index (χ1) is 10.6. The molecule has 0 bridgehead atoms. The van der Waals surface area contributed by atoms with E-state index in [4.69, 9.17) is 21.4 Å². The van der Waals surface area contributed by atoms with E-state index < -0.39 is 5.97 Å². The van der Waals surface area contributed by atoms with Crippen LogP contribution in [-0.4, -0.2) is 46.4 Å². The average Bonchev–Trinajstić information content (AvgIpc) is 2.96. The third-order valence-corrected chi connectivity index (χ3v) is 3.18. The fraction of sp³-hybridized carbons (Fsp3) is 0.357. The van der Waals surface area contributed by atoms with Crippen molar-refractivity contribution in [3.63, 3.8) is 0 Å². The molecule has 1 aromatic carbocycles. The number of aliphatic hydroxyl groups excluding tert-OH is 1. The molecule has 0 atom stereocenters. The number of hydrogen-bond acceptors (Lipinski definition) is 6. The predicted molar refractivity (Wildman–Crippen MR) is 79.1 cm³/mol. The van der Waals surface area contributed by atoms with Crippen LogP contribution in [-0.2, 0) is 17.7 Å². The number of carbonyl (C=O) groups is 1. The zero-order valence-electron chi connectivity index (χ0n) is 12.0. The second kappa shape index (κ2) is 7.77. The molecule has 0 unspecified atom stereocenters. The van der Waals surface area contributed by atoms with Crippen LogP contribution in [0.5, 0.6) is 5.75 Å². The lowest BCUT2D eigenvalue weighted by Gasteiger charge is -2.08. The Bertz CT molecular complexity index is 645. The number of ether oxygens (including phenoxy) is 2. The van der Waals surface area contributed by atoms with Crippen molar-refractivity contribution < 1.29 is 19.4 Å². The third-order valence-electron chi connectivity index (χ3n) is 2.88. The lowest BCUT2D eigenvalue weighted by atomic mass is 10.2. The van der Waals surface area contributed by atoms with E-state index in [0.29, 0.717) is 35.9 Å². The topological polar surface area (TPSA) is 86.5 Å². The predicted octanol–water partition coefficient (Wildman–Crippen LogP) is 1.33. The zero-order valence-corrected chi connectivity index (χ0v) is 12.8. The van der Waals surface area contributed by atoms with E-state index in [2.05, 4.69) is 15.0 Å². The van der Waals surface area contributed by atoms with Crippen molar-refractivity contribution in [3.05, 3.63) is 40.7 Å². The highest BCUT2D eigenvalue weighted by molar-refractivity contribution is 6.32. The zero-order chi connectivity index (χ0) is 15.9. The summed E-state index contributed by atoms with van der Waals surface area (Å²) in [5.41, 5.74) is 1.09. The van der Waals surface area contributed by atoms with Gasteiger partial charge in [-0.1, -0.05) is 16.8 Å². The summed E-state index contributed by atoms with van der Waals surface area (Å²) in [6.07, 6.45) is 2.23. The molecule has 0 aliphatic heterocycles. The second-order valence-corrected chi connectivity index (χ2v) is 4.84. The summed E-state index contributed by atoms with van der Waals surface area (Å²) in [4.78, 5) is 11.4. The number of aromatic nitrogens is 3. The number of rotatable bonds is 7. The van der Waals surface area contributed by atoms with Crippen molar-refractivity contribution in [1.82, 2.24) is 15.0 Å². The van der Waals surface area contributed by atoms with Gasteiger partial charge in [0.2, 0.25) is 0 Å². The molecule has 0 saturated carbocycles. The van der Waals surface area contributed by atoms with Gasteiger partial charge >= 0.3 is 5.97 Å². The van der Waals surface area contributed by atoms with Crippen LogP contribution in [0.3, 0.4) is 0 Å². The molecule has 118 valence electrons. The minimum Gasteiger partial charge on any atom is -0.490 e. The third kappa shape index (κ3) is 4.19. The summed E-state index contributed by atoms with van der Waals surface area (Å²) in [5, 5.41) is 17.0. The van der Waals surface area contributed by atoms with Crippen LogP contribution in [0.1, 0.15) is 16.1 Å². The first-order valence-electron chi connectivity index (χ1n) is 6.64. The summed E-state index contributed by atoms with van der Waals surface area (Å²) in [6, 6.07) is 4.70. The van der Waals surface area contributed by atoms with Gasteiger partial charge in [-0.25, -0.2) is 9.48 Å². The Kier molecular flexibility index (Phi) is 5.74. The van der Waals surface area contributed by atoms with Crippen molar-refractivity contribution >= 4 is 17.6 Å². The van der Waals surface area contributed by atoms with Crippen LogP contribution in [0.25, 0.3) is 0 Å². The largest absolute Gasteiger partial charge is 0.490 e. The van der Waals surface area contributed by atoms with Crippen molar-refractivity contribution in [2.75, 3.05) is 20.3 Å². The molecule has 7 nitrogen and oxygen atoms in total. The molecule has 2 aromatic rings. The Morgan fingerprint density at radius 1 is 1.45 bits per heavy atom. The van der Waals surface area contributed by atoms with Gasteiger partial charge in [-0.3, -0.25) is 0 Å². The molecule has 1 N–H and O–H groups in total. The van der Waals surface area contributed by atoms with Gasteiger partial charge in [-0.2, -0.15) is 0 Å². The van der Waals surface area contributed by atoms with E-state index in [1.165, 1.54) is 13.2 Å². The molecule has 1 aromatic heterocycles. The molecule has 0 radical (unpaired) electrons. The molecule has 0 amide bonds. The highest BCUT2D eigenvalue weighted by Crippen LogP contribution is 2.25. The first kappa shape index (κ1) is 16.3. The van der Waals surface area contributed by atoms with Crippen molar-refractivity contribution in [1.29, 1.82) is 0 Å². The van der Waals surface area contributed by atoms with Gasteiger partial charge in [0.25, 0.3) is 0 Å². The molecule has 1 heterocycles. The maximum absolute atomic E-state index is 11.4. The Labute approximate surface area is 132 Å². The number of nitrogens with zero attached hydrogens (tertiary/aromatic N) is 3. The monoisotopic (exact) mass is 325 g/mol. The van der Waals surface area contributed by atoms with E-state index >= 15 is 0 Å². The molecular formula is C14H16ClN3O4. The Balaban J connectivity index is 1.89. The number of aliphatic hydroxyl groups is 1. The van der Waals surface area contributed by atoms with Crippen molar-refractivity contribution in [2.45, 2.75) is 13.0 Å². The molecular weight excluding hydrogens is 310 g/mol. The number of hydrogen-bond donors (Lipinski definition) is 1. The summed E-state index contributed by atoms with van der Waals surface area (Å²) in [7, 11) is 1.31. The average molecular weight is 326 g/mol. The van der Waals surface area contributed by atoms with E-state index in [-0.39, 0.29) is 6.61 Å². The van der Waals surface area contributed by atoms with Gasteiger partial charge in [0, 0.05) is 19.2 Å². The van der Waals surface area contributed by atoms with E-state index in [9.17, 15) is 4.79 Å². The van der Waals surface area contributed by atoms with Gasteiger partial charge in [-0.05, 0) is 18.2 Å². The van der Waals surface area contributed by atoms with Gasteiger partial charge < -0.3 is 14.6 Å². The second-order valence-electron chi connectivity index (χ2n) is 4.43. The summed E-state index contributed by atoms with van der Waals surface area (Å²) < 4.78 is 11.8. The Morgan fingerprint density at radius 2 is 2.27 bits per heavy atom. The van der Waals surface area contributed by atoms with E-state index in [0.717, 1.165) is 5.69 Å². The minimum atomic E-state index is -0.451. The lowest BCUT2D eigenvalue weighted by molar-refractivity contribution is 0.0600. The summed E-state index contributed by atoms with van der Waals surface area (Å²) in [6.45, 7) is 0.879. The highest BCUT2D eigenvalue weighted by Gasteiger charge is 2.09. The molecule has 2 rings (SSSR count). The summed E-state index contributed by atoms with van der Waals surface area (Å²) >= 11 is 6.06. The minimum absolute atomic E-state index is 0.0390. The van der Waals surface area contributed by atoms with Gasteiger partial charge in [0.15, 0.2) is 0 Å². The first-order valence-corrected chi connectivity index (χ1v) is 7.02. The van der Waals surface area contributed by atoms with Crippen LogP contribution < -0.4 is 4.74 Å². The molecule has 22 heavy (non-hydrogen) atoms. The Hall–Kier alpha value is -2.12.